The third-order valence-electron chi connectivity index (χ3n) is 6.39. The maximum atomic E-state index is 12.9. The van der Waals surface area contributed by atoms with Crippen LogP contribution in [0.15, 0.2) is 36.5 Å². The molecule has 0 saturated carbocycles. The van der Waals surface area contributed by atoms with Crippen LogP contribution in [0.2, 0.25) is 0 Å². The number of ether oxygens (including phenoxy) is 1. The highest BCUT2D eigenvalue weighted by molar-refractivity contribution is 6.14. The van der Waals surface area contributed by atoms with Gasteiger partial charge in [-0.1, -0.05) is 25.1 Å². The number of rotatable bonds is 3. The summed E-state index contributed by atoms with van der Waals surface area (Å²) in [6.07, 6.45) is 10.00. The Kier molecular flexibility index (Phi) is 3.33. The molecule has 1 fully saturated rings. The number of fused-ring (bicyclic) bond motifs is 3. The van der Waals surface area contributed by atoms with Gasteiger partial charge in [0.1, 0.15) is 5.70 Å². The average molecular weight is 348 g/mol. The molecule has 0 amide bonds. The lowest BCUT2D eigenvalue weighted by molar-refractivity contribution is -0.136. The molecule has 4 nitrogen and oxygen atoms in total. The first-order valence-electron chi connectivity index (χ1n) is 9.68. The van der Waals surface area contributed by atoms with Crippen molar-refractivity contribution in [2.75, 3.05) is 13.2 Å². The molecule has 2 atom stereocenters. The molecule has 26 heavy (non-hydrogen) atoms. The maximum Gasteiger partial charge on any atom is 0.354 e. The number of benzene rings is 1. The Morgan fingerprint density at radius 3 is 2.96 bits per heavy atom. The fraction of sp³-hybridized carbons (Fsp3) is 0.409. The van der Waals surface area contributed by atoms with E-state index in [1.807, 2.05) is 13.0 Å². The van der Waals surface area contributed by atoms with Crippen LogP contribution in [0.3, 0.4) is 0 Å². The Morgan fingerprint density at radius 2 is 2.15 bits per heavy atom. The standard InChI is InChI=1S/C22H24N2O2/c1-3-22-11-7-12-23-13-10-16-15-8-5-6-9-17(15)24(19(16)20(22)23)18(14-22)21(25)26-4-2/h5-6,8-10,13-14,20H,3-4,7,11-12H2,1-2H3/t20-,22+/m1/s1. The lowest BCUT2D eigenvalue weighted by atomic mass is 9.67. The van der Waals surface area contributed by atoms with Crippen LogP contribution in [0.5, 0.6) is 0 Å². The zero-order valence-electron chi connectivity index (χ0n) is 15.4. The monoisotopic (exact) mass is 348 g/mol. The highest BCUT2D eigenvalue weighted by atomic mass is 16.5. The molecular weight excluding hydrogens is 324 g/mol. The van der Waals surface area contributed by atoms with Crippen LogP contribution >= 0.6 is 0 Å². The zero-order valence-corrected chi connectivity index (χ0v) is 15.4. The van der Waals surface area contributed by atoms with E-state index < -0.39 is 0 Å². The predicted molar refractivity (Wildman–Crippen MR) is 103 cm³/mol. The molecule has 0 radical (unpaired) electrons. The third-order valence-corrected chi connectivity index (χ3v) is 6.39. The van der Waals surface area contributed by atoms with E-state index in [1.165, 1.54) is 16.6 Å². The van der Waals surface area contributed by atoms with Gasteiger partial charge in [-0.2, -0.15) is 0 Å². The molecule has 134 valence electrons. The van der Waals surface area contributed by atoms with E-state index in [0.717, 1.165) is 31.3 Å². The molecule has 1 aromatic carbocycles. The van der Waals surface area contributed by atoms with E-state index in [1.54, 1.807) is 0 Å². The number of hydrogen-bond acceptors (Lipinski definition) is 3. The van der Waals surface area contributed by atoms with Crippen molar-refractivity contribution in [2.45, 2.75) is 39.2 Å². The van der Waals surface area contributed by atoms with Gasteiger partial charge >= 0.3 is 5.97 Å². The normalized spacial score (nSPS) is 25.8. The van der Waals surface area contributed by atoms with Crippen molar-refractivity contribution < 1.29 is 9.53 Å². The highest BCUT2D eigenvalue weighted by Crippen LogP contribution is 2.57. The number of aromatic nitrogens is 1. The van der Waals surface area contributed by atoms with Crippen molar-refractivity contribution in [3.05, 3.63) is 47.8 Å². The van der Waals surface area contributed by atoms with Gasteiger partial charge in [0.05, 0.1) is 23.9 Å². The second-order valence-corrected chi connectivity index (χ2v) is 7.55. The summed E-state index contributed by atoms with van der Waals surface area (Å²) in [4.78, 5) is 15.4. The summed E-state index contributed by atoms with van der Waals surface area (Å²) in [6.45, 7) is 5.59. The molecule has 1 aromatic heterocycles. The minimum atomic E-state index is -0.214. The third kappa shape index (κ3) is 1.87. The molecule has 5 rings (SSSR count). The van der Waals surface area contributed by atoms with Crippen LogP contribution in [0, 0.1) is 5.41 Å². The summed E-state index contributed by atoms with van der Waals surface area (Å²) in [5.74, 6) is -0.214. The molecule has 0 bridgehead atoms. The summed E-state index contributed by atoms with van der Waals surface area (Å²) in [5.41, 5.74) is 4.31. The van der Waals surface area contributed by atoms with Crippen LogP contribution < -0.4 is 0 Å². The summed E-state index contributed by atoms with van der Waals surface area (Å²) < 4.78 is 7.62. The average Bonchev–Trinajstić information content (AvgIpc) is 3.02. The van der Waals surface area contributed by atoms with Crippen molar-refractivity contribution in [1.82, 2.24) is 9.47 Å². The minimum absolute atomic E-state index is 0.00969. The van der Waals surface area contributed by atoms with E-state index in [2.05, 4.69) is 52.9 Å². The first-order valence-corrected chi connectivity index (χ1v) is 9.68. The van der Waals surface area contributed by atoms with Gasteiger partial charge in [0.15, 0.2) is 0 Å². The number of para-hydroxylation sites is 1. The Bertz CT molecular complexity index is 968. The van der Waals surface area contributed by atoms with Crippen LogP contribution in [0.4, 0.5) is 0 Å². The van der Waals surface area contributed by atoms with Crippen molar-refractivity contribution in [3.8, 4) is 0 Å². The summed E-state index contributed by atoms with van der Waals surface area (Å²) >= 11 is 0. The molecule has 0 N–H and O–H groups in total. The van der Waals surface area contributed by atoms with Crippen LogP contribution in [0.25, 0.3) is 22.7 Å². The molecule has 0 unspecified atom stereocenters. The number of piperidine rings is 1. The van der Waals surface area contributed by atoms with Crippen LogP contribution in [-0.4, -0.2) is 28.6 Å². The Labute approximate surface area is 153 Å². The number of carbonyl (C=O) groups is 1. The van der Waals surface area contributed by atoms with Crippen molar-refractivity contribution in [1.29, 1.82) is 0 Å². The van der Waals surface area contributed by atoms with E-state index in [9.17, 15) is 4.79 Å². The van der Waals surface area contributed by atoms with E-state index in [4.69, 9.17) is 4.74 Å². The second kappa shape index (κ2) is 5.50. The maximum absolute atomic E-state index is 12.9. The molecular formula is C22H24N2O2. The van der Waals surface area contributed by atoms with Gasteiger partial charge in [-0.05, 0) is 44.4 Å². The lowest BCUT2D eigenvalue weighted by Gasteiger charge is -2.52. The largest absolute Gasteiger partial charge is 0.461 e. The minimum Gasteiger partial charge on any atom is -0.461 e. The molecule has 0 spiro atoms. The quantitative estimate of drug-likeness (QED) is 0.762. The SMILES string of the molecule is CCOC(=O)C1=C[C@]2(CC)CCCN3C=Cc4c(n1c1ccccc41)[C@@H]32. The van der Waals surface area contributed by atoms with Crippen molar-refractivity contribution in [2.24, 2.45) is 5.41 Å². The van der Waals surface area contributed by atoms with E-state index in [0.29, 0.717) is 18.3 Å². The van der Waals surface area contributed by atoms with Crippen LogP contribution in [-0.2, 0) is 9.53 Å². The number of esters is 1. The van der Waals surface area contributed by atoms with Gasteiger partial charge in [0.2, 0.25) is 0 Å². The van der Waals surface area contributed by atoms with Gasteiger partial charge in [-0.3, -0.25) is 0 Å². The van der Waals surface area contributed by atoms with Gasteiger partial charge < -0.3 is 14.2 Å². The van der Waals surface area contributed by atoms with E-state index in [-0.39, 0.29) is 11.4 Å². The lowest BCUT2D eigenvalue weighted by Crippen LogP contribution is -2.47. The Balaban J connectivity index is 1.87. The smallest absolute Gasteiger partial charge is 0.354 e. The first kappa shape index (κ1) is 15.7. The topological polar surface area (TPSA) is 34.5 Å². The number of hydrogen-bond donors (Lipinski definition) is 0. The molecule has 1 saturated heterocycles. The number of nitrogens with zero attached hydrogens (tertiary/aromatic N) is 2. The fourth-order valence-electron chi connectivity index (χ4n) is 5.25. The Morgan fingerprint density at radius 1 is 1.31 bits per heavy atom. The first-order chi connectivity index (χ1) is 12.7. The Hall–Kier alpha value is -2.49. The summed E-state index contributed by atoms with van der Waals surface area (Å²) in [5, 5.41) is 1.21. The molecule has 4 heterocycles. The zero-order chi connectivity index (χ0) is 17.9. The fourth-order valence-corrected chi connectivity index (χ4v) is 5.25. The van der Waals surface area contributed by atoms with Gasteiger partial charge in [0.25, 0.3) is 0 Å². The molecule has 3 aliphatic heterocycles. The van der Waals surface area contributed by atoms with Gasteiger partial charge in [0, 0.05) is 29.1 Å². The van der Waals surface area contributed by atoms with Crippen molar-refractivity contribution >= 4 is 28.6 Å². The van der Waals surface area contributed by atoms with Crippen molar-refractivity contribution in [3.63, 3.8) is 0 Å². The summed E-state index contributed by atoms with van der Waals surface area (Å²) in [6, 6.07) is 8.69. The second-order valence-electron chi connectivity index (χ2n) is 7.55. The highest BCUT2D eigenvalue weighted by Gasteiger charge is 2.50. The number of carbonyl (C=O) groups excluding carboxylic acids is 1. The summed E-state index contributed by atoms with van der Waals surface area (Å²) in [7, 11) is 0. The molecule has 0 aliphatic carbocycles. The molecule has 4 heteroatoms. The van der Waals surface area contributed by atoms with Gasteiger partial charge in [-0.15, -0.1) is 0 Å². The molecule has 2 aromatic rings. The van der Waals surface area contributed by atoms with Gasteiger partial charge in [-0.25, -0.2) is 4.79 Å². The predicted octanol–water partition coefficient (Wildman–Crippen LogP) is 4.58. The van der Waals surface area contributed by atoms with Crippen LogP contribution in [0.1, 0.15) is 50.4 Å². The van der Waals surface area contributed by atoms with E-state index >= 15 is 0 Å². The molecule has 3 aliphatic rings.